The summed E-state index contributed by atoms with van der Waals surface area (Å²) in [4.78, 5) is 12.0. The van der Waals surface area contributed by atoms with Crippen molar-refractivity contribution in [3.05, 3.63) is 64.7 Å². The van der Waals surface area contributed by atoms with E-state index < -0.39 is 0 Å². The number of carbonyl (C=O) groups excluding carboxylic acids is 1. The van der Waals surface area contributed by atoms with E-state index in [1.165, 1.54) is 18.4 Å². The molecule has 0 radical (unpaired) electrons. The van der Waals surface area contributed by atoms with Gasteiger partial charge in [-0.2, -0.15) is 0 Å². The number of amides is 2. The van der Waals surface area contributed by atoms with E-state index in [1.807, 2.05) is 36.4 Å². The Kier molecular flexibility index (Phi) is 8.23. The van der Waals surface area contributed by atoms with Crippen molar-refractivity contribution in [2.24, 2.45) is 5.92 Å². The Morgan fingerprint density at radius 1 is 1.00 bits per heavy atom. The smallest absolute Gasteiger partial charge is 0.319 e. The van der Waals surface area contributed by atoms with Crippen molar-refractivity contribution in [3.63, 3.8) is 0 Å². The molecule has 1 aliphatic heterocycles. The lowest BCUT2D eigenvalue weighted by Crippen LogP contribution is -2.28. The molecule has 0 atom stereocenters. The van der Waals surface area contributed by atoms with Crippen molar-refractivity contribution in [2.75, 3.05) is 18.4 Å². The fourth-order valence-electron chi connectivity index (χ4n) is 3.10. The number of benzene rings is 2. The van der Waals surface area contributed by atoms with Gasteiger partial charge in [0.2, 0.25) is 0 Å². The predicted octanol–water partition coefficient (Wildman–Crippen LogP) is 4.63. The first kappa shape index (κ1) is 20.6. The maximum absolute atomic E-state index is 12.0. The number of hydrogen-bond donors (Lipinski definition) is 3. The van der Waals surface area contributed by atoms with Crippen LogP contribution < -0.4 is 16.0 Å². The van der Waals surface area contributed by atoms with E-state index in [0.29, 0.717) is 11.6 Å². The number of anilines is 1. The van der Waals surface area contributed by atoms with Gasteiger partial charge < -0.3 is 16.0 Å². The molecule has 1 heterocycles. The van der Waals surface area contributed by atoms with Gasteiger partial charge in [-0.25, -0.2) is 4.79 Å². The van der Waals surface area contributed by atoms with Crippen molar-refractivity contribution in [1.82, 2.24) is 10.6 Å². The lowest BCUT2D eigenvalue weighted by molar-refractivity contribution is 0.251. The summed E-state index contributed by atoms with van der Waals surface area (Å²) in [5, 5.41) is 9.80. The minimum atomic E-state index is -0.207. The third-order valence-electron chi connectivity index (χ3n) is 4.56. The molecule has 0 spiro atoms. The molecule has 3 rings (SSSR count). The van der Waals surface area contributed by atoms with Gasteiger partial charge in [0.1, 0.15) is 0 Å². The average Bonchev–Trinajstić information content (AvgIpc) is 2.64. The second-order valence-corrected chi connectivity index (χ2v) is 6.97. The summed E-state index contributed by atoms with van der Waals surface area (Å²) in [5.41, 5.74) is 3.15. The van der Waals surface area contributed by atoms with Crippen molar-refractivity contribution in [2.45, 2.75) is 25.8 Å². The van der Waals surface area contributed by atoms with Crippen LogP contribution >= 0.6 is 24.0 Å². The Morgan fingerprint density at radius 3 is 2.27 bits per heavy atom. The molecule has 2 amide bonds. The Hall–Kier alpha value is -1.75. The summed E-state index contributed by atoms with van der Waals surface area (Å²) in [6.07, 6.45) is 3.60. The number of nitrogens with one attached hydrogen (secondary N) is 3. The molecule has 0 saturated carbocycles. The molecule has 26 heavy (non-hydrogen) atoms. The fourth-order valence-corrected chi connectivity index (χ4v) is 3.23. The lowest BCUT2D eigenvalue weighted by Gasteiger charge is -2.22. The van der Waals surface area contributed by atoms with Crippen molar-refractivity contribution in [3.8, 4) is 0 Å². The molecule has 1 fully saturated rings. The zero-order chi connectivity index (χ0) is 17.5. The van der Waals surface area contributed by atoms with Crippen LogP contribution in [0.2, 0.25) is 5.02 Å². The van der Waals surface area contributed by atoms with Gasteiger partial charge in [0.05, 0.1) is 0 Å². The van der Waals surface area contributed by atoms with Crippen molar-refractivity contribution in [1.29, 1.82) is 0 Å². The predicted molar refractivity (Wildman–Crippen MR) is 110 cm³/mol. The van der Waals surface area contributed by atoms with Crippen LogP contribution in [-0.4, -0.2) is 19.1 Å². The molecule has 0 aliphatic carbocycles. The van der Waals surface area contributed by atoms with E-state index in [-0.39, 0.29) is 18.4 Å². The highest BCUT2D eigenvalue weighted by Gasteiger charge is 2.13. The molecule has 0 unspecified atom stereocenters. The largest absolute Gasteiger partial charge is 0.334 e. The van der Waals surface area contributed by atoms with Gasteiger partial charge in [0.15, 0.2) is 0 Å². The van der Waals surface area contributed by atoms with E-state index in [9.17, 15) is 4.79 Å². The number of rotatable bonds is 5. The second-order valence-electron chi connectivity index (χ2n) is 6.53. The topological polar surface area (TPSA) is 53.2 Å². The first-order valence-corrected chi connectivity index (χ1v) is 9.16. The van der Waals surface area contributed by atoms with Crippen molar-refractivity contribution >= 4 is 35.7 Å². The molecule has 1 aliphatic rings. The van der Waals surface area contributed by atoms with Gasteiger partial charge in [-0.15, -0.1) is 12.4 Å². The first-order chi connectivity index (χ1) is 12.2. The molecule has 1 saturated heterocycles. The number of piperidine rings is 1. The Bertz CT molecular complexity index is 683. The Labute approximate surface area is 166 Å². The van der Waals surface area contributed by atoms with Crippen LogP contribution in [0.3, 0.4) is 0 Å². The minimum Gasteiger partial charge on any atom is -0.334 e. The molecule has 0 aromatic heterocycles. The molecular weight excluding hydrogens is 369 g/mol. The highest BCUT2D eigenvalue weighted by molar-refractivity contribution is 6.30. The Balaban J connectivity index is 0.00000243. The van der Waals surface area contributed by atoms with Crippen LogP contribution in [0, 0.1) is 5.92 Å². The monoisotopic (exact) mass is 393 g/mol. The summed E-state index contributed by atoms with van der Waals surface area (Å²) in [6, 6.07) is 15.4. The molecule has 6 heteroatoms. The summed E-state index contributed by atoms with van der Waals surface area (Å²) in [5.74, 6) is 0.766. The summed E-state index contributed by atoms with van der Waals surface area (Å²) in [7, 11) is 0. The van der Waals surface area contributed by atoms with Crippen LogP contribution in [0.1, 0.15) is 24.0 Å². The lowest BCUT2D eigenvalue weighted by atomic mass is 9.91. The molecule has 4 nitrogen and oxygen atoms in total. The molecule has 3 N–H and O–H groups in total. The number of hydrogen-bond acceptors (Lipinski definition) is 2. The van der Waals surface area contributed by atoms with Gasteiger partial charge in [-0.1, -0.05) is 35.9 Å². The van der Waals surface area contributed by atoms with Gasteiger partial charge >= 0.3 is 6.03 Å². The molecule has 0 bridgehead atoms. The number of halogens is 2. The summed E-state index contributed by atoms with van der Waals surface area (Å²) >= 11 is 5.85. The van der Waals surface area contributed by atoms with Gasteiger partial charge in [0.25, 0.3) is 0 Å². The molecule has 2 aromatic carbocycles. The van der Waals surface area contributed by atoms with E-state index in [1.54, 1.807) is 0 Å². The molecule has 140 valence electrons. The maximum atomic E-state index is 12.0. The SMILES string of the molecule is Cl.O=C(NCc1ccc(Cl)cc1)Nc1ccc(CC2CCNCC2)cc1. The van der Waals surface area contributed by atoms with Gasteiger partial charge in [-0.3, -0.25) is 0 Å². The minimum absolute atomic E-state index is 0. The average molecular weight is 394 g/mol. The first-order valence-electron chi connectivity index (χ1n) is 8.78. The molecule has 2 aromatic rings. The van der Waals surface area contributed by atoms with E-state index in [2.05, 4.69) is 28.1 Å². The summed E-state index contributed by atoms with van der Waals surface area (Å²) in [6.45, 7) is 2.72. The zero-order valence-corrected chi connectivity index (χ0v) is 16.2. The van der Waals surface area contributed by atoms with Crippen LogP contribution in [0.5, 0.6) is 0 Å². The highest BCUT2D eigenvalue weighted by atomic mass is 35.5. The number of urea groups is 1. The van der Waals surface area contributed by atoms with Crippen LogP contribution in [0.25, 0.3) is 0 Å². The van der Waals surface area contributed by atoms with Gasteiger partial charge in [0, 0.05) is 17.3 Å². The maximum Gasteiger partial charge on any atom is 0.319 e. The third-order valence-corrected chi connectivity index (χ3v) is 4.81. The Morgan fingerprint density at radius 2 is 1.62 bits per heavy atom. The van der Waals surface area contributed by atoms with E-state index in [4.69, 9.17) is 11.6 Å². The third kappa shape index (κ3) is 6.52. The highest BCUT2D eigenvalue weighted by Crippen LogP contribution is 2.19. The van der Waals surface area contributed by atoms with Gasteiger partial charge in [-0.05, 0) is 73.7 Å². The molecular formula is C20H25Cl2N3O. The zero-order valence-electron chi connectivity index (χ0n) is 14.6. The number of carbonyl (C=O) groups is 1. The fraction of sp³-hybridized carbons (Fsp3) is 0.350. The van der Waals surface area contributed by atoms with Crippen LogP contribution in [0.4, 0.5) is 10.5 Å². The quantitative estimate of drug-likeness (QED) is 0.693. The standard InChI is InChI=1S/C20H24ClN3O.ClH/c21-18-5-1-17(2-6-18)14-23-20(25)24-19-7-3-15(4-8-19)13-16-9-11-22-12-10-16;/h1-8,16,22H,9-14H2,(H2,23,24,25);1H. The summed E-state index contributed by atoms with van der Waals surface area (Å²) < 4.78 is 0. The normalized spacial score (nSPS) is 14.3. The van der Waals surface area contributed by atoms with Crippen LogP contribution in [-0.2, 0) is 13.0 Å². The van der Waals surface area contributed by atoms with Crippen LogP contribution in [0.15, 0.2) is 48.5 Å². The second kappa shape index (κ2) is 10.4. The van der Waals surface area contributed by atoms with Crippen molar-refractivity contribution < 1.29 is 4.79 Å². The van der Waals surface area contributed by atoms with E-state index in [0.717, 1.165) is 36.7 Å². The van der Waals surface area contributed by atoms with E-state index >= 15 is 0 Å².